The Hall–Kier alpha value is -1.81. The highest BCUT2D eigenvalue weighted by Crippen LogP contribution is 2.24. The molecule has 4 heteroatoms. The average molecular weight is 233 g/mol. The van der Waals surface area contributed by atoms with Crippen LogP contribution in [0.4, 0.5) is 0 Å². The molecule has 0 spiro atoms. The number of rotatable bonds is 4. The number of para-hydroxylation sites is 1. The zero-order valence-corrected chi connectivity index (χ0v) is 9.93. The lowest BCUT2D eigenvalue weighted by Gasteiger charge is -2.01. The Bertz CT molecular complexity index is 557. The molecule has 0 aliphatic heterocycles. The number of aryl methyl sites for hydroxylation is 1. The van der Waals surface area contributed by atoms with Crippen molar-refractivity contribution >= 4 is 16.9 Å². The van der Waals surface area contributed by atoms with E-state index < -0.39 is 5.97 Å². The van der Waals surface area contributed by atoms with Crippen LogP contribution in [0, 0.1) is 0 Å². The lowest BCUT2D eigenvalue weighted by molar-refractivity contribution is 0.0698. The molecule has 0 unspecified atom stereocenters. The average Bonchev–Trinajstić information content (AvgIpc) is 2.64. The highest BCUT2D eigenvalue weighted by Gasteiger charge is 2.14. The first-order valence-electron chi connectivity index (χ1n) is 5.53. The van der Waals surface area contributed by atoms with Gasteiger partial charge in [0.1, 0.15) is 0 Å². The Morgan fingerprint density at radius 1 is 1.47 bits per heavy atom. The third-order valence-corrected chi connectivity index (χ3v) is 2.78. The van der Waals surface area contributed by atoms with Gasteiger partial charge in [-0.2, -0.15) is 0 Å². The van der Waals surface area contributed by atoms with Crippen LogP contribution in [0.15, 0.2) is 24.4 Å². The first kappa shape index (κ1) is 11.7. The van der Waals surface area contributed by atoms with Crippen molar-refractivity contribution in [2.24, 2.45) is 7.05 Å². The van der Waals surface area contributed by atoms with Crippen LogP contribution in [0.2, 0.25) is 0 Å². The van der Waals surface area contributed by atoms with Gasteiger partial charge in [0.15, 0.2) is 0 Å². The summed E-state index contributed by atoms with van der Waals surface area (Å²) >= 11 is 0. The topological polar surface area (TPSA) is 51.5 Å². The van der Waals surface area contributed by atoms with E-state index in [0.717, 1.165) is 16.5 Å². The summed E-state index contributed by atoms with van der Waals surface area (Å²) < 4.78 is 7.22. The van der Waals surface area contributed by atoms with Gasteiger partial charge in [-0.05, 0) is 13.0 Å². The van der Waals surface area contributed by atoms with Gasteiger partial charge in [0.2, 0.25) is 0 Å². The van der Waals surface area contributed by atoms with E-state index in [1.165, 1.54) is 0 Å². The zero-order valence-electron chi connectivity index (χ0n) is 9.93. The van der Waals surface area contributed by atoms with E-state index in [-0.39, 0.29) is 0 Å². The summed E-state index contributed by atoms with van der Waals surface area (Å²) in [5, 5.41) is 10.1. The number of carboxylic acid groups (broad SMARTS) is 1. The van der Waals surface area contributed by atoms with E-state index in [0.29, 0.717) is 18.8 Å². The molecule has 0 saturated carbocycles. The van der Waals surface area contributed by atoms with E-state index in [4.69, 9.17) is 9.84 Å². The van der Waals surface area contributed by atoms with Gasteiger partial charge in [-0.25, -0.2) is 4.79 Å². The van der Waals surface area contributed by atoms with E-state index in [9.17, 15) is 4.79 Å². The predicted molar refractivity (Wildman–Crippen MR) is 65.2 cm³/mol. The van der Waals surface area contributed by atoms with E-state index in [1.807, 2.05) is 30.8 Å². The van der Waals surface area contributed by atoms with Crippen molar-refractivity contribution in [2.45, 2.75) is 13.5 Å². The van der Waals surface area contributed by atoms with Crippen LogP contribution in [0.5, 0.6) is 0 Å². The van der Waals surface area contributed by atoms with Crippen molar-refractivity contribution < 1.29 is 14.6 Å². The minimum absolute atomic E-state index is 0.327. The largest absolute Gasteiger partial charge is 0.478 e. The Morgan fingerprint density at radius 3 is 2.88 bits per heavy atom. The summed E-state index contributed by atoms with van der Waals surface area (Å²) in [7, 11) is 1.85. The smallest absolute Gasteiger partial charge is 0.337 e. The normalized spacial score (nSPS) is 10.9. The molecule has 0 fully saturated rings. The Labute approximate surface area is 99.4 Å². The Balaban J connectivity index is 2.60. The highest BCUT2D eigenvalue weighted by molar-refractivity contribution is 6.03. The second-order valence-electron chi connectivity index (χ2n) is 3.91. The summed E-state index contributed by atoms with van der Waals surface area (Å²) in [6.07, 6.45) is 1.92. The minimum atomic E-state index is -0.903. The number of hydrogen-bond donors (Lipinski definition) is 1. The SMILES string of the molecule is CCOCc1cn(C)c2c(C(=O)O)cccc12. The monoisotopic (exact) mass is 233 g/mol. The van der Waals surface area contributed by atoms with E-state index >= 15 is 0 Å². The van der Waals surface area contributed by atoms with Crippen molar-refractivity contribution in [3.05, 3.63) is 35.5 Å². The number of aromatic nitrogens is 1. The van der Waals surface area contributed by atoms with Gasteiger partial charge in [-0.15, -0.1) is 0 Å². The number of fused-ring (bicyclic) bond motifs is 1. The molecule has 1 aromatic carbocycles. The molecule has 2 aromatic rings. The Morgan fingerprint density at radius 2 is 2.24 bits per heavy atom. The van der Waals surface area contributed by atoms with Gasteiger partial charge < -0.3 is 14.4 Å². The molecule has 0 bridgehead atoms. The maximum atomic E-state index is 11.1. The van der Waals surface area contributed by atoms with Crippen LogP contribution >= 0.6 is 0 Å². The van der Waals surface area contributed by atoms with Gasteiger partial charge in [0.05, 0.1) is 17.7 Å². The molecule has 1 heterocycles. The van der Waals surface area contributed by atoms with Crippen molar-refractivity contribution in [3.63, 3.8) is 0 Å². The first-order chi connectivity index (χ1) is 8.15. The molecule has 4 nitrogen and oxygen atoms in total. The molecule has 1 N–H and O–H groups in total. The van der Waals surface area contributed by atoms with E-state index in [2.05, 4.69) is 0 Å². The lowest BCUT2D eigenvalue weighted by Crippen LogP contribution is -1.99. The molecule has 90 valence electrons. The molecule has 0 aliphatic carbocycles. The van der Waals surface area contributed by atoms with Crippen LogP contribution < -0.4 is 0 Å². The van der Waals surface area contributed by atoms with E-state index in [1.54, 1.807) is 12.1 Å². The maximum Gasteiger partial charge on any atom is 0.337 e. The van der Waals surface area contributed by atoms with Gasteiger partial charge in [-0.3, -0.25) is 0 Å². The predicted octanol–water partition coefficient (Wildman–Crippen LogP) is 2.41. The quantitative estimate of drug-likeness (QED) is 0.882. The standard InChI is InChI=1S/C13H15NO3/c1-3-17-8-9-7-14(2)12-10(9)5-4-6-11(12)13(15)16/h4-7H,3,8H2,1-2H3,(H,15,16). The fraction of sp³-hybridized carbons (Fsp3) is 0.308. The third kappa shape index (κ3) is 2.03. The summed E-state index contributed by atoms with van der Waals surface area (Å²) in [6.45, 7) is 3.10. The van der Waals surface area contributed by atoms with Gasteiger partial charge in [0, 0.05) is 30.8 Å². The lowest BCUT2D eigenvalue weighted by atomic mass is 10.1. The molecule has 1 aromatic heterocycles. The number of carbonyl (C=O) groups is 1. The van der Waals surface area contributed by atoms with Crippen LogP contribution in [-0.4, -0.2) is 22.2 Å². The number of benzene rings is 1. The van der Waals surface area contributed by atoms with Gasteiger partial charge in [0.25, 0.3) is 0 Å². The van der Waals surface area contributed by atoms with Crippen molar-refractivity contribution in [2.75, 3.05) is 6.61 Å². The first-order valence-corrected chi connectivity index (χ1v) is 5.53. The molecule has 0 radical (unpaired) electrons. The van der Waals surface area contributed by atoms with Crippen LogP contribution in [0.25, 0.3) is 10.9 Å². The van der Waals surface area contributed by atoms with Gasteiger partial charge in [-0.1, -0.05) is 12.1 Å². The molecule has 0 saturated heterocycles. The fourth-order valence-corrected chi connectivity index (χ4v) is 2.05. The van der Waals surface area contributed by atoms with Crippen LogP contribution in [0.3, 0.4) is 0 Å². The van der Waals surface area contributed by atoms with Crippen LogP contribution in [0.1, 0.15) is 22.8 Å². The number of hydrogen-bond acceptors (Lipinski definition) is 2. The van der Waals surface area contributed by atoms with Crippen molar-refractivity contribution in [3.8, 4) is 0 Å². The second-order valence-corrected chi connectivity index (χ2v) is 3.91. The molecule has 0 atom stereocenters. The molecular weight excluding hydrogens is 218 g/mol. The Kier molecular flexibility index (Phi) is 3.15. The molecule has 0 aliphatic rings. The highest BCUT2D eigenvalue weighted by atomic mass is 16.5. The summed E-state index contributed by atoms with van der Waals surface area (Å²) in [6, 6.07) is 5.31. The number of aromatic carboxylic acids is 1. The zero-order chi connectivity index (χ0) is 12.4. The second kappa shape index (κ2) is 4.59. The maximum absolute atomic E-state index is 11.1. The third-order valence-electron chi connectivity index (χ3n) is 2.78. The minimum Gasteiger partial charge on any atom is -0.478 e. The van der Waals surface area contributed by atoms with Crippen molar-refractivity contribution in [1.82, 2.24) is 4.57 Å². The summed E-state index contributed by atoms with van der Waals surface area (Å²) in [5.41, 5.74) is 2.09. The van der Waals surface area contributed by atoms with Crippen molar-refractivity contribution in [1.29, 1.82) is 0 Å². The molecular formula is C13H15NO3. The van der Waals surface area contributed by atoms with Gasteiger partial charge >= 0.3 is 5.97 Å². The molecule has 17 heavy (non-hydrogen) atoms. The number of ether oxygens (including phenoxy) is 1. The molecule has 2 rings (SSSR count). The molecule has 0 amide bonds. The number of nitrogens with zero attached hydrogens (tertiary/aromatic N) is 1. The van der Waals surface area contributed by atoms with Crippen LogP contribution in [-0.2, 0) is 18.4 Å². The summed E-state index contributed by atoms with van der Waals surface area (Å²) in [5.74, 6) is -0.903. The summed E-state index contributed by atoms with van der Waals surface area (Å²) in [4.78, 5) is 11.1. The fourth-order valence-electron chi connectivity index (χ4n) is 2.05. The number of carboxylic acids is 1.